The van der Waals surface area contributed by atoms with Crippen LogP contribution in [-0.4, -0.2) is 51.2 Å². The number of rotatable bonds is 3. The normalized spacial score (nSPS) is 26.4. The van der Waals surface area contributed by atoms with Crippen molar-refractivity contribution in [2.45, 2.75) is 25.4 Å². The lowest BCUT2D eigenvalue weighted by molar-refractivity contribution is -0.150. The third kappa shape index (κ3) is 3.04. The van der Waals surface area contributed by atoms with E-state index in [0.29, 0.717) is 17.9 Å². The molecule has 4 nitrogen and oxygen atoms in total. The van der Waals surface area contributed by atoms with Crippen molar-refractivity contribution in [2.24, 2.45) is 0 Å². The third-order valence-electron chi connectivity index (χ3n) is 2.34. The molecule has 1 saturated heterocycles. The Kier molecular flexibility index (Phi) is 4.79. The molecule has 1 rings (SSSR count). The fourth-order valence-electron chi connectivity index (χ4n) is 1.65. The Balaban J connectivity index is 2.76. The SMILES string of the molecule is CC1CSCC(C(=O)O)N1C(=O)CCS. The number of carbonyl (C=O) groups is 2. The van der Waals surface area contributed by atoms with Crippen LogP contribution >= 0.6 is 24.4 Å². The molecule has 0 aliphatic carbocycles. The summed E-state index contributed by atoms with van der Waals surface area (Å²) in [6.45, 7) is 1.89. The molecule has 1 aliphatic rings. The maximum atomic E-state index is 11.7. The van der Waals surface area contributed by atoms with Crippen LogP contribution in [-0.2, 0) is 9.59 Å². The van der Waals surface area contributed by atoms with Gasteiger partial charge in [-0.2, -0.15) is 24.4 Å². The van der Waals surface area contributed by atoms with Crippen LogP contribution in [0.2, 0.25) is 0 Å². The average molecular weight is 249 g/mol. The molecule has 86 valence electrons. The number of hydrogen-bond donors (Lipinski definition) is 2. The number of carbonyl (C=O) groups excluding carboxylic acids is 1. The standard InChI is InChI=1S/C9H15NO3S2/c1-6-4-15-5-7(9(12)13)10(6)8(11)2-3-14/h6-7,14H,2-5H2,1H3,(H,12,13). The second-order valence-electron chi connectivity index (χ2n) is 3.52. The highest BCUT2D eigenvalue weighted by Crippen LogP contribution is 2.22. The third-order valence-corrected chi connectivity index (χ3v) is 3.84. The van der Waals surface area contributed by atoms with Gasteiger partial charge in [-0.05, 0) is 12.7 Å². The Morgan fingerprint density at radius 3 is 2.73 bits per heavy atom. The summed E-state index contributed by atoms with van der Waals surface area (Å²) in [6, 6.07) is -0.677. The topological polar surface area (TPSA) is 57.6 Å². The molecular weight excluding hydrogens is 234 g/mol. The predicted molar refractivity (Wildman–Crippen MR) is 63.5 cm³/mol. The maximum Gasteiger partial charge on any atom is 0.327 e. The van der Waals surface area contributed by atoms with Gasteiger partial charge < -0.3 is 10.0 Å². The molecule has 6 heteroatoms. The molecule has 0 spiro atoms. The van der Waals surface area contributed by atoms with E-state index in [4.69, 9.17) is 5.11 Å². The number of carboxylic acids is 1. The minimum Gasteiger partial charge on any atom is -0.480 e. The summed E-state index contributed by atoms with van der Waals surface area (Å²) in [5, 5.41) is 9.02. The van der Waals surface area contributed by atoms with E-state index in [2.05, 4.69) is 12.6 Å². The zero-order valence-corrected chi connectivity index (χ0v) is 10.3. The molecule has 0 bridgehead atoms. The fraction of sp³-hybridized carbons (Fsp3) is 0.778. The maximum absolute atomic E-state index is 11.7. The van der Waals surface area contributed by atoms with Gasteiger partial charge in [-0.25, -0.2) is 4.79 Å². The van der Waals surface area contributed by atoms with E-state index in [1.807, 2.05) is 6.92 Å². The molecule has 1 fully saturated rings. The van der Waals surface area contributed by atoms with Gasteiger partial charge in [0.05, 0.1) is 0 Å². The minimum atomic E-state index is -0.915. The molecule has 1 amide bonds. The zero-order chi connectivity index (χ0) is 11.4. The van der Waals surface area contributed by atoms with Gasteiger partial charge in [0.1, 0.15) is 6.04 Å². The fourth-order valence-corrected chi connectivity index (χ4v) is 3.01. The lowest BCUT2D eigenvalue weighted by Crippen LogP contribution is -2.54. The molecule has 0 aromatic carbocycles. The Morgan fingerprint density at radius 1 is 1.53 bits per heavy atom. The second-order valence-corrected chi connectivity index (χ2v) is 5.04. The number of aliphatic carboxylic acids is 1. The highest BCUT2D eigenvalue weighted by Gasteiger charge is 2.35. The first-order valence-corrected chi connectivity index (χ1v) is 6.59. The number of amides is 1. The molecule has 15 heavy (non-hydrogen) atoms. The van der Waals surface area contributed by atoms with E-state index >= 15 is 0 Å². The van der Waals surface area contributed by atoms with Crippen molar-refractivity contribution in [3.05, 3.63) is 0 Å². The van der Waals surface area contributed by atoms with Crippen molar-refractivity contribution in [1.29, 1.82) is 0 Å². The summed E-state index contributed by atoms with van der Waals surface area (Å²) in [5.74, 6) is 0.730. The molecular formula is C9H15NO3S2. The van der Waals surface area contributed by atoms with E-state index in [1.54, 1.807) is 11.8 Å². The summed E-state index contributed by atoms with van der Waals surface area (Å²) >= 11 is 5.58. The van der Waals surface area contributed by atoms with Gasteiger partial charge in [-0.15, -0.1) is 0 Å². The van der Waals surface area contributed by atoms with Crippen molar-refractivity contribution < 1.29 is 14.7 Å². The van der Waals surface area contributed by atoms with Crippen LogP contribution in [0.4, 0.5) is 0 Å². The second kappa shape index (κ2) is 5.65. The van der Waals surface area contributed by atoms with Crippen LogP contribution in [0.5, 0.6) is 0 Å². The Labute approximate surface area is 98.8 Å². The smallest absolute Gasteiger partial charge is 0.327 e. The van der Waals surface area contributed by atoms with E-state index < -0.39 is 12.0 Å². The van der Waals surface area contributed by atoms with Gasteiger partial charge in [-0.1, -0.05) is 0 Å². The molecule has 1 aliphatic heterocycles. The van der Waals surface area contributed by atoms with Crippen molar-refractivity contribution in [1.82, 2.24) is 4.90 Å². The molecule has 0 aromatic rings. The van der Waals surface area contributed by atoms with E-state index in [-0.39, 0.29) is 11.9 Å². The van der Waals surface area contributed by atoms with Gasteiger partial charge in [-0.3, -0.25) is 4.79 Å². The van der Waals surface area contributed by atoms with Gasteiger partial charge in [0.2, 0.25) is 5.91 Å². The van der Waals surface area contributed by atoms with Crippen LogP contribution in [0.1, 0.15) is 13.3 Å². The summed E-state index contributed by atoms with van der Waals surface area (Å²) in [4.78, 5) is 24.2. The summed E-state index contributed by atoms with van der Waals surface area (Å²) in [6.07, 6.45) is 0.307. The first kappa shape index (κ1) is 12.7. The molecule has 2 atom stereocenters. The molecule has 2 unspecified atom stereocenters. The van der Waals surface area contributed by atoms with E-state index in [0.717, 1.165) is 5.75 Å². The number of nitrogens with zero attached hydrogens (tertiary/aromatic N) is 1. The van der Waals surface area contributed by atoms with Crippen LogP contribution in [0.15, 0.2) is 0 Å². The first-order chi connectivity index (χ1) is 7.07. The van der Waals surface area contributed by atoms with Crippen LogP contribution < -0.4 is 0 Å². The van der Waals surface area contributed by atoms with Crippen molar-refractivity contribution in [3.63, 3.8) is 0 Å². The van der Waals surface area contributed by atoms with E-state index in [1.165, 1.54) is 4.90 Å². The van der Waals surface area contributed by atoms with Crippen LogP contribution in [0.25, 0.3) is 0 Å². The van der Waals surface area contributed by atoms with Gasteiger partial charge in [0.25, 0.3) is 0 Å². The number of hydrogen-bond acceptors (Lipinski definition) is 4. The molecule has 0 saturated carbocycles. The summed E-state index contributed by atoms with van der Waals surface area (Å²) < 4.78 is 0. The number of thioether (sulfide) groups is 1. The molecule has 0 aromatic heterocycles. The lowest BCUT2D eigenvalue weighted by Gasteiger charge is -2.38. The van der Waals surface area contributed by atoms with Crippen LogP contribution in [0.3, 0.4) is 0 Å². The highest BCUT2D eigenvalue weighted by atomic mass is 32.2. The Hall–Kier alpha value is -0.360. The quantitative estimate of drug-likeness (QED) is 0.724. The Morgan fingerprint density at radius 2 is 2.20 bits per heavy atom. The van der Waals surface area contributed by atoms with Crippen molar-refractivity contribution >= 4 is 36.3 Å². The van der Waals surface area contributed by atoms with Crippen molar-refractivity contribution in [2.75, 3.05) is 17.3 Å². The number of thiol groups is 1. The zero-order valence-electron chi connectivity index (χ0n) is 8.55. The molecule has 1 N–H and O–H groups in total. The summed E-state index contributed by atoms with van der Waals surface area (Å²) in [5.41, 5.74) is 0. The minimum absolute atomic E-state index is 0.00256. The van der Waals surface area contributed by atoms with E-state index in [9.17, 15) is 9.59 Å². The highest BCUT2D eigenvalue weighted by molar-refractivity contribution is 7.99. The molecule has 0 radical (unpaired) electrons. The Bertz CT molecular complexity index is 260. The van der Waals surface area contributed by atoms with Crippen LogP contribution in [0, 0.1) is 0 Å². The average Bonchev–Trinajstić information content (AvgIpc) is 2.17. The largest absolute Gasteiger partial charge is 0.480 e. The first-order valence-electron chi connectivity index (χ1n) is 4.80. The number of carboxylic acid groups (broad SMARTS) is 1. The van der Waals surface area contributed by atoms with Gasteiger partial charge >= 0.3 is 5.97 Å². The van der Waals surface area contributed by atoms with Gasteiger partial charge in [0.15, 0.2) is 0 Å². The predicted octanol–water partition coefficient (Wildman–Crippen LogP) is 0.723. The summed E-state index contributed by atoms with van der Waals surface area (Å²) in [7, 11) is 0. The van der Waals surface area contributed by atoms with Crippen molar-refractivity contribution in [3.8, 4) is 0 Å². The van der Waals surface area contributed by atoms with Gasteiger partial charge in [0, 0.05) is 24.0 Å². The molecule has 1 heterocycles. The monoisotopic (exact) mass is 249 g/mol. The lowest BCUT2D eigenvalue weighted by atomic mass is 10.2.